The van der Waals surface area contributed by atoms with Gasteiger partial charge in [0.1, 0.15) is 11.3 Å². The van der Waals surface area contributed by atoms with E-state index in [0.29, 0.717) is 5.02 Å². The average molecular weight is 388 g/mol. The SMILES string of the molecule is O=C1Nc2c(Cl)cc3cc(CN4CCCCC4)oc3c2C2(CCCCC2)N1. The molecule has 0 radical (unpaired) electrons. The summed E-state index contributed by atoms with van der Waals surface area (Å²) < 4.78 is 6.40. The molecule has 1 spiro atoms. The lowest BCUT2D eigenvalue weighted by Crippen LogP contribution is -2.52. The van der Waals surface area contributed by atoms with E-state index in [2.05, 4.69) is 21.6 Å². The summed E-state index contributed by atoms with van der Waals surface area (Å²) in [5.74, 6) is 0.985. The lowest BCUT2D eigenvalue weighted by Gasteiger charge is -2.42. The fourth-order valence-corrected chi connectivity index (χ4v) is 5.41. The van der Waals surface area contributed by atoms with Crippen LogP contribution in [0.1, 0.15) is 62.7 Å². The van der Waals surface area contributed by atoms with Gasteiger partial charge in [-0.25, -0.2) is 4.79 Å². The monoisotopic (exact) mass is 387 g/mol. The van der Waals surface area contributed by atoms with Gasteiger partial charge in [-0.1, -0.05) is 37.3 Å². The van der Waals surface area contributed by atoms with Crippen molar-refractivity contribution in [3.63, 3.8) is 0 Å². The molecule has 27 heavy (non-hydrogen) atoms. The molecular formula is C21H26ClN3O2. The van der Waals surface area contributed by atoms with Crippen molar-refractivity contribution in [3.05, 3.63) is 28.5 Å². The summed E-state index contributed by atoms with van der Waals surface area (Å²) in [5.41, 5.74) is 2.30. The van der Waals surface area contributed by atoms with Gasteiger partial charge in [0.2, 0.25) is 0 Å². The molecule has 2 amide bonds. The first-order chi connectivity index (χ1) is 13.1. The van der Waals surface area contributed by atoms with E-state index in [1.165, 1.54) is 25.7 Å². The van der Waals surface area contributed by atoms with Gasteiger partial charge in [-0.05, 0) is 50.9 Å². The number of amides is 2. The fourth-order valence-electron chi connectivity index (χ4n) is 5.15. The summed E-state index contributed by atoms with van der Waals surface area (Å²) >= 11 is 6.60. The topological polar surface area (TPSA) is 57.5 Å². The number of hydrogen-bond acceptors (Lipinski definition) is 3. The number of anilines is 1. The molecule has 5 nitrogen and oxygen atoms in total. The predicted octanol–water partition coefficient (Wildman–Crippen LogP) is 5.37. The number of benzene rings is 1. The molecule has 2 aromatic rings. The van der Waals surface area contributed by atoms with Crippen LogP contribution < -0.4 is 10.6 Å². The number of furan rings is 1. The summed E-state index contributed by atoms with van der Waals surface area (Å²) in [6, 6.07) is 3.90. The fraction of sp³-hybridized carbons (Fsp3) is 0.571. The Morgan fingerprint density at radius 1 is 1.07 bits per heavy atom. The van der Waals surface area contributed by atoms with E-state index in [1.807, 2.05) is 6.07 Å². The molecule has 2 aliphatic heterocycles. The number of halogens is 1. The molecule has 2 N–H and O–H groups in total. The van der Waals surface area contributed by atoms with Crippen molar-refractivity contribution in [2.75, 3.05) is 18.4 Å². The van der Waals surface area contributed by atoms with E-state index < -0.39 is 0 Å². The molecule has 0 atom stereocenters. The molecule has 1 saturated heterocycles. The number of fused-ring (bicyclic) bond motifs is 4. The van der Waals surface area contributed by atoms with Crippen molar-refractivity contribution in [2.24, 2.45) is 0 Å². The minimum atomic E-state index is -0.362. The Labute approximate surface area is 164 Å². The Morgan fingerprint density at radius 3 is 2.59 bits per heavy atom. The summed E-state index contributed by atoms with van der Waals surface area (Å²) in [7, 11) is 0. The highest BCUT2D eigenvalue weighted by atomic mass is 35.5. The maximum atomic E-state index is 12.3. The molecule has 3 heterocycles. The van der Waals surface area contributed by atoms with Gasteiger partial charge >= 0.3 is 6.03 Å². The number of rotatable bonds is 2. The third kappa shape index (κ3) is 3.01. The van der Waals surface area contributed by atoms with Crippen LogP contribution in [0.25, 0.3) is 11.0 Å². The number of carbonyl (C=O) groups excluding carboxylic acids is 1. The number of hydrogen-bond donors (Lipinski definition) is 2. The second-order valence-corrected chi connectivity index (χ2v) is 8.71. The van der Waals surface area contributed by atoms with Gasteiger partial charge in [-0.15, -0.1) is 0 Å². The smallest absolute Gasteiger partial charge is 0.319 e. The van der Waals surface area contributed by atoms with Crippen LogP contribution in [0.2, 0.25) is 5.02 Å². The molecule has 1 aliphatic carbocycles. The van der Waals surface area contributed by atoms with E-state index in [9.17, 15) is 4.79 Å². The highest BCUT2D eigenvalue weighted by Crippen LogP contribution is 2.49. The number of likely N-dealkylation sites (tertiary alicyclic amines) is 1. The Hall–Kier alpha value is -1.72. The molecule has 0 unspecified atom stereocenters. The Morgan fingerprint density at radius 2 is 1.81 bits per heavy atom. The van der Waals surface area contributed by atoms with Gasteiger partial charge in [0.15, 0.2) is 0 Å². The molecule has 3 aliphatic rings. The summed E-state index contributed by atoms with van der Waals surface area (Å²) in [6.45, 7) is 3.11. The maximum Gasteiger partial charge on any atom is 0.319 e. The normalized spacial score (nSPS) is 22.5. The molecular weight excluding hydrogens is 362 g/mol. The largest absolute Gasteiger partial charge is 0.459 e. The predicted molar refractivity (Wildman–Crippen MR) is 107 cm³/mol. The quantitative estimate of drug-likeness (QED) is 0.728. The van der Waals surface area contributed by atoms with Crippen molar-refractivity contribution in [2.45, 2.75) is 63.5 Å². The summed E-state index contributed by atoms with van der Waals surface area (Å²) in [6.07, 6.45) is 9.15. The van der Waals surface area contributed by atoms with Crippen LogP contribution in [0.5, 0.6) is 0 Å². The molecule has 1 aromatic carbocycles. The van der Waals surface area contributed by atoms with Crippen molar-refractivity contribution in [1.82, 2.24) is 10.2 Å². The molecule has 144 valence electrons. The zero-order chi connectivity index (χ0) is 18.4. The van der Waals surface area contributed by atoms with Gasteiger partial charge in [0.25, 0.3) is 0 Å². The average Bonchev–Trinajstić information content (AvgIpc) is 3.05. The second-order valence-electron chi connectivity index (χ2n) is 8.30. The van der Waals surface area contributed by atoms with Gasteiger partial charge in [0.05, 0.1) is 22.8 Å². The molecule has 2 fully saturated rings. The van der Waals surface area contributed by atoms with Gasteiger partial charge in [-0.2, -0.15) is 0 Å². The number of nitrogens with zero attached hydrogens (tertiary/aromatic N) is 1. The first-order valence-corrected chi connectivity index (χ1v) is 10.6. The van der Waals surface area contributed by atoms with E-state index in [4.69, 9.17) is 16.0 Å². The zero-order valence-corrected chi connectivity index (χ0v) is 16.3. The van der Waals surface area contributed by atoms with Crippen LogP contribution >= 0.6 is 11.6 Å². The number of urea groups is 1. The highest BCUT2D eigenvalue weighted by molar-refractivity contribution is 6.35. The standard InChI is InChI=1S/C21H26ClN3O2/c22-16-12-14-11-15(13-25-9-5-2-6-10-25)27-19(14)17-18(16)23-20(26)24-21(17)7-3-1-4-8-21/h11-12H,1-10,13H2,(H2,23,24,26). The van der Waals surface area contributed by atoms with E-state index in [-0.39, 0.29) is 11.6 Å². The third-order valence-corrected chi connectivity index (χ3v) is 6.71. The Bertz CT molecular complexity index is 879. The minimum absolute atomic E-state index is 0.161. The van der Waals surface area contributed by atoms with Crippen LogP contribution in [-0.2, 0) is 12.1 Å². The molecule has 1 saturated carbocycles. The lowest BCUT2D eigenvalue weighted by molar-refractivity contribution is 0.203. The first kappa shape index (κ1) is 17.4. The van der Waals surface area contributed by atoms with E-state index in [1.54, 1.807) is 0 Å². The van der Waals surface area contributed by atoms with E-state index >= 15 is 0 Å². The van der Waals surface area contributed by atoms with Crippen molar-refractivity contribution in [3.8, 4) is 0 Å². The molecule has 1 aromatic heterocycles. The Balaban J connectivity index is 1.61. The second kappa shape index (κ2) is 6.71. The minimum Gasteiger partial charge on any atom is -0.459 e. The number of nitrogens with one attached hydrogen (secondary N) is 2. The zero-order valence-electron chi connectivity index (χ0n) is 15.6. The van der Waals surface area contributed by atoms with Gasteiger partial charge in [-0.3, -0.25) is 4.90 Å². The summed E-state index contributed by atoms with van der Waals surface area (Å²) in [4.78, 5) is 14.8. The van der Waals surface area contributed by atoms with Crippen LogP contribution in [-0.4, -0.2) is 24.0 Å². The van der Waals surface area contributed by atoms with Crippen molar-refractivity contribution < 1.29 is 9.21 Å². The summed E-state index contributed by atoms with van der Waals surface area (Å²) in [5, 5.41) is 7.78. The van der Waals surface area contributed by atoms with Gasteiger partial charge < -0.3 is 15.1 Å². The first-order valence-electron chi connectivity index (χ1n) is 10.2. The molecule has 6 heteroatoms. The Kier molecular flexibility index (Phi) is 4.32. The van der Waals surface area contributed by atoms with Crippen LogP contribution in [0.15, 0.2) is 16.5 Å². The van der Waals surface area contributed by atoms with Crippen LogP contribution in [0.3, 0.4) is 0 Å². The van der Waals surface area contributed by atoms with Crippen LogP contribution in [0, 0.1) is 0 Å². The molecule has 5 rings (SSSR count). The van der Waals surface area contributed by atoms with E-state index in [0.717, 1.165) is 73.3 Å². The molecule has 0 bridgehead atoms. The lowest BCUT2D eigenvalue weighted by atomic mass is 9.74. The third-order valence-electron chi connectivity index (χ3n) is 6.42. The number of piperidine rings is 1. The maximum absolute atomic E-state index is 12.3. The van der Waals surface area contributed by atoms with Crippen molar-refractivity contribution >= 4 is 34.3 Å². The van der Waals surface area contributed by atoms with Gasteiger partial charge in [0, 0.05) is 10.9 Å². The van der Waals surface area contributed by atoms with Crippen LogP contribution in [0.4, 0.5) is 10.5 Å². The van der Waals surface area contributed by atoms with Crippen molar-refractivity contribution in [1.29, 1.82) is 0 Å². The number of carbonyl (C=O) groups is 1. The highest BCUT2D eigenvalue weighted by Gasteiger charge is 2.43.